The molecule has 1 aliphatic heterocycles. The molecule has 1 fully saturated rings. The van der Waals surface area contributed by atoms with Gasteiger partial charge in [-0.05, 0) is 6.42 Å². The number of nitrogens with zero attached hydrogens (tertiary/aromatic N) is 2. The second kappa shape index (κ2) is 11.7. The summed E-state index contributed by atoms with van der Waals surface area (Å²) >= 11 is 0. The van der Waals surface area contributed by atoms with Crippen LogP contribution in [0, 0.1) is 0 Å². The average Bonchev–Trinajstić information content (AvgIpc) is 2.61. The molecule has 4 amide bonds. The number of urea groups is 1. The third kappa shape index (κ3) is 6.88. The van der Waals surface area contributed by atoms with Crippen molar-refractivity contribution in [1.29, 1.82) is 0 Å². The molecule has 0 unspecified atom stereocenters. The molecule has 1 rings (SSSR count). The van der Waals surface area contributed by atoms with Crippen LogP contribution in [0.2, 0.25) is 0 Å². The number of likely N-dealkylation sites (N-methyl/N-ethyl adjacent to an activating group) is 2. The number of rotatable bonds is 12. The first-order valence-corrected chi connectivity index (χ1v) is 9.42. The number of unbranched alkanes of at least 4 members (excludes halogenated alkanes) is 9. The highest BCUT2D eigenvalue weighted by atomic mass is 16.5. The minimum atomic E-state index is -0.623. The standard InChI is InChI=1S/C19H32N2O4/c1-4-5-6-7-8-9-10-11-12-13-14-25-15-16-17(22)20(2)19(24)21(3)18(16)23/h15H,4-14H2,1-3H3. The van der Waals surface area contributed by atoms with E-state index in [9.17, 15) is 14.4 Å². The summed E-state index contributed by atoms with van der Waals surface area (Å²) < 4.78 is 5.35. The van der Waals surface area contributed by atoms with E-state index in [-0.39, 0.29) is 5.57 Å². The van der Waals surface area contributed by atoms with E-state index < -0.39 is 17.8 Å². The Hall–Kier alpha value is -1.85. The van der Waals surface area contributed by atoms with E-state index in [1.807, 2.05) is 0 Å². The van der Waals surface area contributed by atoms with Crippen LogP contribution in [0.3, 0.4) is 0 Å². The molecule has 25 heavy (non-hydrogen) atoms. The molecule has 0 bridgehead atoms. The summed E-state index contributed by atoms with van der Waals surface area (Å²) in [6, 6.07) is -0.623. The van der Waals surface area contributed by atoms with Gasteiger partial charge in [0.15, 0.2) is 0 Å². The van der Waals surface area contributed by atoms with Crippen molar-refractivity contribution in [2.45, 2.75) is 71.1 Å². The van der Waals surface area contributed by atoms with Crippen LogP contribution in [0.15, 0.2) is 11.8 Å². The molecule has 142 valence electrons. The van der Waals surface area contributed by atoms with Crippen LogP contribution < -0.4 is 0 Å². The maximum Gasteiger partial charge on any atom is 0.333 e. The van der Waals surface area contributed by atoms with Gasteiger partial charge < -0.3 is 4.74 Å². The molecule has 1 saturated heterocycles. The number of carbonyl (C=O) groups excluding carboxylic acids is 3. The van der Waals surface area contributed by atoms with Crippen molar-refractivity contribution in [2.75, 3.05) is 20.7 Å². The summed E-state index contributed by atoms with van der Waals surface area (Å²) in [4.78, 5) is 37.3. The zero-order valence-electron chi connectivity index (χ0n) is 15.9. The number of hydrogen-bond acceptors (Lipinski definition) is 4. The fourth-order valence-electron chi connectivity index (χ4n) is 2.77. The molecule has 1 heterocycles. The van der Waals surface area contributed by atoms with Crippen molar-refractivity contribution in [2.24, 2.45) is 0 Å². The normalized spacial score (nSPS) is 15.2. The van der Waals surface area contributed by atoms with Gasteiger partial charge in [0, 0.05) is 14.1 Å². The Morgan fingerprint density at radius 1 is 0.760 bits per heavy atom. The average molecular weight is 352 g/mol. The summed E-state index contributed by atoms with van der Waals surface area (Å²) in [6.07, 6.45) is 13.6. The lowest BCUT2D eigenvalue weighted by Gasteiger charge is -2.28. The molecular weight excluding hydrogens is 320 g/mol. The summed E-state index contributed by atoms with van der Waals surface area (Å²) in [5.41, 5.74) is -0.100. The summed E-state index contributed by atoms with van der Waals surface area (Å²) in [6.45, 7) is 2.70. The maximum atomic E-state index is 11.9. The van der Waals surface area contributed by atoms with Crippen molar-refractivity contribution in [3.8, 4) is 0 Å². The Morgan fingerprint density at radius 3 is 1.68 bits per heavy atom. The Balaban J connectivity index is 2.14. The topological polar surface area (TPSA) is 66.9 Å². The van der Waals surface area contributed by atoms with Gasteiger partial charge >= 0.3 is 6.03 Å². The van der Waals surface area contributed by atoms with Crippen molar-refractivity contribution in [3.05, 3.63) is 11.8 Å². The van der Waals surface area contributed by atoms with Crippen LogP contribution in [-0.4, -0.2) is 48.3 Å². The van der Waals surface area contributed by atoms with Crippen molar-refractivity contribution in [1.82, 2.24) is 9.80 Å². The number of ether oxygens (including phenoxy) is 1. The molecular formula is C19H32N2O4. The quantitative estimate of drug-likeness (QED) is 0.231. The molecule has 0 aliphatic carbocycles. The number of barbiturate groups is 1. The van der Waals surface area contributed by atoms with Crippen LogP contribution in [0.25, 0.3) is 0 Å². The summed E-state index contributed by atoms with van der Waals surface area (Å²) in [5, 5.41) is 0. The van der Waals surface area contributed by atoms with Crippen LogP contribution in [0.5, 0.6) is 0 Å². The molecule has 0 spiro atoms. The van der Waals surface area contributed by atoms with Crippen LogP contribution in [0.1, 0.15) is 71.1 Å². The molecule has 0 N–H and O–H groups in total. The van der Waals surface area contributed by atoms with Crippen LogP contribution in [0.4, 0.5) is 4.79 Å². The van der Waals surface area contributed by atoms with Gasteiger partial charge in [-0.25, -0.2) is 4.79 Å². The number of amides is 4. The molecule has 0 radical (unpaired) electrons. The number of carbonyl (C=O) groups is 3. The molecule has 6 nitrogen and oxygen atoms in total. The lowest BCUT2D eigenvalue weighted by Crippen LogP contribution is -2.53. The van der Waals surface area contributed by atoms with E-state index in [1.54, 1.807) is 0 Å². The predicted octanol–water partition coefficient (Wildman–Crippen LogP) is 3.86. The minimum absolute atomic E-state index is 0.100. The highest BCUT2D eigenvalue weighted by Gasteiger charge is 2.38. The second-order valence-electron chi connectivity index (χ2n) is 6.60. The summed E-state index contributed by atoms with van der Waals surface area (Å²) in [5.74, 6) is -1.23. The van der Waals surface area contributed by atoms with Crippen molar-refractivity contribution >= 4 is 17.8 Å². The lowest BCUT2D eigenvalue weighted by atomic mass is 10.1. The van der Waals surface area contributed by atoms with Gasteiger partial charge in [-0.3, -0.25) is 19.4 Å². The van der Waals surface area contributed by atoms with E-state index in [2.05, 4.69) is 6.92 Å². The third-order valence-corrected chi connectivity index (χ3v) is 4.46. The zero-order chi connectivity index (χ0) is 18.7. The number of imide groups is 2. The number of hydrogen-bond donors (Lipinski definition) is 0. The molecule has 0 aromatic rings. The van der Waals surface area contributed by atoms with Gasteiger partial charge in [-0.2, -0.15) is 0 Å². The Labute approximate surface area is 151 Å². The maximum absolute atomic E-state index is 11.9. The predicted molar refractivity (Wildman–Crippen MR) is 96.8 cm³/mol. The lowest BCUT2D eigenvalue weighted by molar-refractivity contribution is -0.134. The molecule has 1 aliphatic rings. The van der Waals surface area contributed by atoms with E-state index in [4.69, 9.17) is 4.74 Å². The van der Waals surface area contributed by atoms with Gasteiger partial charge in [0.25, 0.3) is 11.8 Å². The molecule has 0 atom stereocenters. The van der Waals surface area contributed by atoms with E-state index in [0.717, 1.165) is 22.6 Å². The second-order valence-corrected chi connectivity index (χ2v) is 6.60. The van der Waals surface area contributed by atoms with E-state index >= 15 is 0 Å². The van der Waals surface area contributed by atoms with E-state index in [0.29, 0.717) is 6.61 Å². The van der Waals surface area contributed by atoms with Crippen LogP contribution in [-0.2, 0) is 14.3 Å². The Bertz CT molecular complexity index is 462. The van der Waals surface area contributed by atoms with Gasteiger partial charge in [0.05, 0.1) is 6.61 Å². The van der Waals surface area contributed by atoms with Crippen molar-refractivity contribution < 1.29 is 19.1 Å². The zero-order valence-corrected chi connectivity index (χ0v) is 15.9. The highest BCUT2D eigenvalue weighted by Crippen LogP contribution is 2.15. The Morgan fingerprint density at radius 2 is 1.20 bits per heavy atom. The van der Waals surface area contributed by atoms with Gasteiger partial charge in [0.2, 0.25) is 0 Å². The Kier molecular flexibility index (Phi) is 9.88. The molecule has 0 aromatic carbocycles. The van der Waals surface area contributed by atoms with Gasteiger partial charge in [0.1, 0.15) is 11.8 Å². The smallest absolute Gasteiger partial charge is 0.333 e. The fraction of sp³-hybridized carbons (Fsp3) is 0.737. The van der Waals surface area contributed by atoms with Gasteiger partial charge in [-0.1, -0.05) is 64.7 Å². The van der Waals surface area contributed by atoms with Gasteiger partial charge in [-0.15, -0.1) is 0 Å². The van der Waals surface area contributed by atoms with E-state index in [1.165, 1.54) is 71.7 Å². The molecule has 0 saturated carbocycles. The summed E-state index contributed by atoms with van der Waals surface area (Å²) in [7, 11) is 2.70. The largest absolute Gasteiger partial charge is 0.500 e. The first-order valence-electron chi connectivity index (χ1n) is 9.42. The third-order valence-electron chi connectivity index (χ3n) is 4.46. The highest BCUT2D eigenvalue weighted by molar-refractivity contribution is 6.28. The molecule has 0 aromatic heterocycles. The minimum Gasteiger partial charge on any atom is -0.500 e. The first-order chi connectivity index (χ1) is 12.0. The SMILES string of the molecule is CCCCCCCCCCCCOC=C1C(=O)N(C)C(=O)N(C)C1=O. The first kappa shape index (κ1) is 21.2. The monoisotopic (exact) mass is 352 g/mol. The van der Waals surface area contributed by atoms with Crippen LogP contribution >= 0.6 is 0 Å². The molecule has 6 heteroatoms. The van der Waals surface area contributed by atoms with Crippen molar-refractivity contribution in [3.63, 3.8) is 0 Å². The fourth-order valence-corrected chi connectivity index (χ4v) is 2.77.